The lowest BCUT2D eigenvalue weighted by Crippen LogP contribution is -2.27. The average Bonchev–Trinajstić information content (AvgIpc) is 3.44. The van der Waals surface area contributed by atoms with E-state index in [0.29, 0.717) is 48.0 Å². The number of nitrogens with zero attached hydrogens (tertiary/aromatic N) is 4. The Morgan fingerprint density at radius 3 is 2.48 bits per heavy atom. The zero-order valence-corrected chi connectivity index (χ0v) is 18.0. The summed E-state index contributed by atoms with van der Waals surface area (Å²) >= 11 is 0. The molecule has 3 N–H and O–H groups in total. The van der Waals surface area contributed by atoms with Gasteiger partial charge in [0.25, 0.3) is 0 Å². The molecule has 1 amide bonds. The molecule has 1 aliphatic rings. The van der Waals surface area contributed by atoms with Crippen molar-refractivity contribution in [2.75, 3.05) is 25.9 Å². The van der Waals surface area contributed by atoms with Crippen LogP contribution in [0.1, 0.15) is 12.5 Å². The van der Waals surface area contributed by atoms with Crippen LogP contribution in [-0.4, -0.2) is 50.8 Å². The van der Waals surface area contributed by atoms with Gasteiger partial charge < -0.3 is 25.2 Å². The molecule has 1 unspecified atom stereocenters. The second-order valence-corrected chi connectivity index (χ2v) is 7.82. The summed E-state index contributed by atoms with van der Waals surface area (Å²) in [5.41, 5.74) is 8.55. The number of methoxy groups -OCH3 is 1. The van der Waals surface area contributed by atoms with Crippen molar-refractivity contribution in [1.29, 1.82) is 0 Å². The van der Waals surface area contributed by atoms with Crippen LogP contribution in [0.25, 0.3) is 22.2 Å². The van der Waals surface area contributed by atoms with Gasteiger partial charge in [0.1, 0.15) is 29.3 Å². The number of aromatic nitrogens is 3. The van der Waals surface area contributed by atoms with Crippen LogP contribution < -0.4 is 15.2 Å². The van der Waals surface area contributed by atoms with Crippen LogP contribution in [0, 0.1) is 0 Å². The van der Waals surface area contributed by atoms with Gasteiger partial charge in [-0.05, 0) is 36.2 Å². The van der Waals surface area contributed by atoms with Crippen LogP contribution in [0.4, 0.5) is 10.6 Å². The second kappa shape index (κ2) is 8.34. The number of nitrogens with two attached hydrogens (primary N) is 1. The van der Waals surface area contributed by atoms with Crippen molar-refractivity contribution in [2.45, 2.75) is 12.5 Å². The standard InChI is InChI=1S/C24H23N5O4/c1-32-23-19(15-7-9-18(10-8-15)33-17-5-3-2-4-6-17)20-21(25)26-14-27-22(20)29(23)16-11-12-28(13-16)24(30)31/h2-10,14,16H,11-13H2,1H3,(H,30,31)(H2,25,26,27). The fourth-order valence-corrected chi connectivity index (χ4v) is 4.38. The van der Waals surface area contributed by atoms with Crippen LogP contribution >= 0.6 is 0 Å². The smallest absolute Gasteiger partial charge is 0.407 e. The Morgan fingerprint density at radius 1 is 1.09 bits per heavy atom. The molecule has 9 nitrogen and oxygen atoms in total. The van der Waals surface area contributed by atoms with Gasteiger partial charge in [0, 0.05) is 13.1 Å². The zero-order valence-electron chi connectivity index (χ0n) is 18.0. The normalized spacial score (nSPS) is 15.7. The van der Waals surface area contributed by atoms with Crippen molar-refractivity contribution in [2.24, 2.45) is 0 Å². The molecule has 0 bridgehead atoms. The molecule has 2 aromatic carbocycles. The van der Waals surface area contributed by atoms with Crippen LogP contribution in [0.15, 0.2) is 60.9 Å². The first-order valence-electron chi connectivity index (χ1n) is 10.6. The lowest BCUT2D eigenvalue weighted by atomic mass is 10.1. The molecule has 3 heterocycles. The van der Waals surface area contributed by atoms with Gasteiger partial charge in [-0.15, -0.1) is 0 Å². The molecule has 33 heavy (non-hydrogen) atoms. The molecule has 1 atom stereocenters. The molecule has 1 saturated heterocycles. The minimum Gasteiger partial charge on any atom is -0.482 e. The number of carboxylic acid groups (broad SMARTS) is 1. The maximum absolute atomic E-state index is 11.5. The van der Waals surface area contributed by atoms with Gasteiger partial charge in [0.05, 0.1) is 24.1 Å². The Hall–Kier alpha value is -4.27. The summed E-state index contributed by atoms with van der Waals surface area (Å²) in [6, 6.07) is 17.1. The number of hydrogen-bond donors (Lipinski definition) is 2. The predicted molar refractivity (Wildman–Crippen MR) is 124 cm³/mol. The second-order valence-electron chi connectivity index (χ2n) is 7.82. The number of anilines is 1. The van der Waals surface area contributed by atoms with E-state index in [4.69, 9.17) is 15.2 Å². The molecule has 168 valence electrons. The van der Waals surface area contributed by atoms with Gasteiger partial charge in [0.15, 0.2) is 0 Å². The molecule has 9 heteroatoms. The molecule has 0 saturated carbocycles. The van der Waals surface area contributed by atoms with E-state index in [2.05, 4.69) is 9.97 Å². The molecule has 2 aromatic heterocycles. The van der Waals surface area contributed by atoms with Gasteiger partial charge >= 0.3 is 6.09 Å². The first kappa shape index (κ1) is 20.6. The van der Waals surface area contributed by atoms with Gasteiger partial charge in [-0.3, -0.25) is 4.57 Å². The maximum atomic E-state index is 11.5. The van der Waals surface area contributed by atoms with Gasteiger partial charge in [-0.1, -0.05) is 30.3 Å². The molecule has 0 aliphatic carbocycles. The lowest BCUT2D eigenvalue weighted by Gasteiger charge is -2.17. The van der Waals surface area contributed by atoms with E-state index in [9.17, 15) is 9.90 Å². The number of likely N-dealkylation sites (tertiary alicyclic amines) is 1. The highest BCUT2D eigenvalue weighted by Crippen LogP contribution is 2.44. The van der Waals surface area contributed by atoms with Gasteiger partial charge in [0.2, 0.25) is 5.88 Å². The molecular weight excluding hydrogens is 422 g/mol. The Morgan fingerprint density at radius 2 is 1.82 bits per heavy atom. The third-order valence-electron chi connectivity index (χ3n) is 5.88. The summed E-state index contributed by atoms with van der Waals surface area (Å²) in [6.45, 7) is 0.799. The van der Waals surface area contributed by atoms with Crippen molar-refractivity contribution >= 4 is 22.9 Å². The number of fused-ring (bicyclic) bond motifs is 1. The fraction of sp³-hybridized carbons (Fsp3) is 0.208. The van der Waals surface area contributed by atoms with E-state index in [0.717, 1.165) is 16.9 Å². The average molecular weight is 445 g/mol. The summed E-state index contributed by atoms with van der Waals surface area (Å²) in [6.07, 6.45) is 1.13. The van der Waals surface area contributed by atoms with Crippen molar-refractivity contribution in [3.8, 4) is 28.5 Å². The monoisotopic (exact) mass is 445 g/mol. The van der Waals surface area contributed by atoms with Crippen LogP contribution in [-0.2, 0) is 0 Å². The number of rotatable bonds is 5. The topological polar surface area (TPSA) is 116 Å². The van der Waals surface area contributed by atoms with E-state index < -0.39 is 6.09 Å². The molecule has 0 radical (unpaired) electrons. The number of benzene rings is 2. The highest BCUT2D eigenvalue weighted by atomic mass is 16.5. The predicted octanol–water partition coefficient (Wildman–Crippen LogP) is 4.41. The van der Waals surface area contributed by atoms with Crippen molar-refractivity contribution in [3.63, 3.8) is 0 Å². The van der Waals surface area contributed by atoms with Crippen LogP contribution in [0.3, 0.4) is 0 Å². The minimum absolute atomic E-state index is 0.123. The summed E-state index contributed by atoms with van der Waals surface area (Å²) in [7, 11) is 1.59. The minimum atomic E-state index is -0.934. The number of amides is 1. The summed E-state index contributed by atoms with van der Waals surface area (Å²) in [4.78, 5) is 21.5. The third kappa shape index (κ3) is 3.67. The molecule has 4 aromatic rings. The first-order chi connectivity index (χ1) is 16.1. The molecule has 0 spiro atoms. The number of ether oxygens (including phenoxy) is 2. The highest BCUT2D eigenvalue weighted by molar-refractivity contribution is 6.04. The van der Waals surface area contributed by atoms with E-state index in [1.807, 2.05) is 59.2 Å². The summed E-state index contributed by atoms with van der Waals surface area (Å²) < 4.78 is 13.7. The Bertz CT molecular complexity index is 1300. The SMILES string of the molecule is COc1c(-c2ccc(Oc3ccccc3)cc2)c2c(N)ncnc2n1C1CCN(C(=O)O)C1. The Kier molecular flexibility index (Phi) is 5.21. The number of carbonyl (C=O) groups is 1. The van der Waals surface area contributed by atoms with Crippen LogP contribution in [0.5, 0.6) is 17.4 Å². The maximum Gasteiger partial charge on any atom is 0.407 e. The van der Waals surface area contributed by atoms with E-state index in [-0.39, 0.29) is 6.04 Å². The van der Waals surface area contributed by atoms with Crippen molar-refractivity contribution in [1.82, 2.24) is 19.4 Å². The van der Waals surface area contributed by atoms with Gasteiger partial charge in [-0.2, -0.15) is 0 Å². The molecule has 1 aliphatic heterocycles. The molecule has 1 fully saturated rings. The number of nitrogen functional groups attached to an aromatic ring is 1. The number of para-hydroxylation sites is 1. The summed E-state index contributed by atoms with van der Waals surface area (Å²) in [5, 5.41) is 10.1. The largest absolute Gasteiger partial charge is 0.482 e. The van der Waals surface area contributed by atoms with Crippen LogP contribution in [0.2, 0.25) is 0 Å². The number of hydrogen-bond acceptors (Lipinski definition) is 6. The molecule has 5 rings (SSSR count). The Balaban J connectivity index is 1.59. The first-order valence-corrected chi connectivity index (χ1v) is 10.6. The zero-order chi connectivity index (χ0) is 22.9. The summed E-state index contributed by atoms with van der Waals surface area (Å²) in [5.74, 6) is 2.36. The highest BCUT2D eigenvalue weighted by Gasteiger charge is 2.33. The third-order valence-corrected chi connectivity index (χ3v) is 5.88. The fourth-order valence-electron chi connectivity index (χ4n) is 4.38. The lowest BCUT2D eigenvalue weighted by molar-refractivity contribution is 0.154. The van der Waals surface area contributed by atoms with E-state index in [1.165, 1.54) is 11.2 Å². The van der Waals surface area contributed by atoms with Gasteiger partial charge in [-0.25, -0.2) is 14.8 Å². The van der Waals surface area contributed by atoms with E-state index in [1.54, 1.807) is 7.11 Å². The Labute approximate surface area is 190 Å². The quantitative estimate of drug-likeness (QED) is 0.467. The van der Waals surface area contributed by atoms with E-state index >= 15 is 0 Å². The van der Waals surface area contributed by atoms with Crippen molar-refractivity contribution < 1.29 is 19.4 Å². The molecular formula is C24H23N5O4. The van der Waals surface area contributed by atoms with Crippen molar-refractivity contribution in [3.05, 3.63) is 60.9 Å².